The molecule has 0 rings (SSSR count). The number of alkyl halides is 6. The number of carbonyl (C=O) groups is 1. The van der Waals surface area contributed by atoms with Crippen LogP contribution < -0.4 is 0 Å². The molecule has 0 amide bonds. The van der Waals surface area contributed by atoms with Gasteiger partial charge in [0.15, 0.2) is 11.8 Å². The molecule has 0 aromatic rings. The zero-order valence-electron chi connectivity index (χ0n) is 11.4. The summed E-state index contributed by atoms with van der Waals surface area (Å²) in [5.41, 5.74) is 0. The second-order valence-corrected chi connectivity index (χ2v) is 6.61. The highest BCUT2D eigenvalue weighted by molar-refractivity contribution is 7.54. The van der Waals surface area contributed by atoms with Gasteiger partial charge >= 0.3 is 25.9 Å². The molecule has 0 aliphatic carbocycles. The molecule has 0 spiro atoms. The second-order valence-electron chi connectivity index (χ2n) is 4.66. The van der Waals surface area contributed by atoms with Crippen molar-refractivity contribution < 1.29 is 50.2 Å². The maximum atomic E-state index is 12.6. The number of hydrogen-bond acceptors (Lipinski definition) is 3. The Kier molecular flexibility index (Phi) is 6.92. The molecule has 0 aliphatic rings. The van der Waals surface area contributed by atoms with Gasteiger partial charge in [-0.05, 0) is 6.42 Å². The van der Waals surface area contributed by atoms with Crippen molar-refractivity contribution in [3.8, 4) is 0 Å². The van der Waals surface area contributed by atoms with Crippen molar-refractivity contribution in [2.24, 2.45) is 0 Å². The Bertz CT molecular complexity index is 429. The minimum atomic E-state index is -5.73. The van der Waals surface area contributed by atoms with Crippen LogP contribution >= 0.6 is 7.60 Å². The fraction of sp³-hybridized carbons (Fsp3) is 0.900. The zero-order valence-corrected chi connectivity index (χ0v) is 12.3. The average molecular weight is 360 g/mol. The predicted octanol–water partition coefficient (Wildman–Crippen LogP) is 3.15. The molecule has 0 saturated heterocycles. The highest BCUT2D eigenvalue weighted by Crippen LogP contribution is 2.58. The molecular formula is C10H15F6O5P. The largest absolute Gasteiger partial charge is 0.455 e. The number of rotatable bonds is 7. The van der Waals surface area contributed by atoms with Crippen LogP contribution in [0.4, 0.5) is 26.3 Å². The number of esters is 1. The third-order valence-corrected chi connectivity index (χ3v) is 4.42. The Morgan fingerprint density at radius 1 is 1.09 bits per heavy atom. The van der Waals surface area contributed by atoms with E-state index >= 15 is 0 Å². The van der Waals surface area contributed by atoms with Crippen molar-refractivity contribution in [3.63, 3.8) is 0 Å². The van der Waals surface area contributed by atoms with Crippen molar-refractivity contribution in [2.45, 2.75) is 50.1 Å². The minimum Gasteiger partial charge on any atom is -0.455 e. The van der Waals surface area contributed by atoms with E-state index in [-0.39, 0.29) is 12.8 Å². The van der Waals surface area contributed by atoms with E-state index in [0.29, 0.717) is 0 Å². The molecule has 12 heteroatoms. The van der Waals surface area contributed by atoms with Crippen LogP contribution in [-0.2, 0) is 14.1 Å². The molecule has 2 N–H and O–H groups in total. The van der Waals surface area contributed by atoms with Gasteiger partial charge in [0, 0.05) is 0 Å². The third kappa shape index (κ3) is 6.53. The molecule has 0 aliphatic heterocycles. The topological polar surface area (TPSA) is 83.8 Å². The fourth-order valence-electron chi connectivity index (χ4n) is 1.71. The van der Waals surface area contributed by atoms with Gasteiger partial charge in [0.1, 0.15) is 0 Å². The summed E-state index contributed by atoms with van der Waals surface area (Å²) < 4.78 is 88.8. The summed E-state index contributed by atoms with van der Waals surface area (Å²) in [7, 11) is -5.73. The number of ether oxygens (including phenoxy) is 1. The lowest BCUT2D eigenvalue weighted by Gasteiger charge is -2.32. The number of unbranched alkanes of at least 4 members (excludes halogenated alkanes) is 1. The number of hydrogen-bond donors (Lipinski definition) is 2. The first-order valence-corrected chi connectivity index (χ1v) is 7.62. The normalized spacial score (nSPS) is 16.2. The Balaban J connectivity index is 5.61. The van der Waals surface area contributed by atoms with E-state index in [1.807, 2.05) is 0 Å². The van der Waals surface area contributed by atoms with Gasteiger partial charge in [0.05, 0.1) is 6.42 Å². The lowest BCUT2D eigenvalue weighted by Crippen LogP contribution is -2.45. The van der Waals surface area contributed by atoms with Crippen molar-refractivity contribution in [1.82, 2.24) is 0 Å². The molecule has 132 valence electrons. The van der Waals surface area contributed by atoms with E-state index < -0.39 is 50.5 Å². The van der Waals surface area contributed by atoms with Crippen molar-refractivity contribution in [1.29, 1.82) is 0 Å². The summed E-state index contributed by atoms with van der Waals surface area (Å²) in [6, 6.07) is 0. The van der Waals surface area contributed by atoms with Gasteiger partial charge in [0.2, 0.25) is 0 Å². The second kappa shape index (κ2) is 7.18. The van der Waals surface area contributed by atoms with Crippen LogP contribution in [-0.4, -0.2) is 39.9 Å². The first kappa shape index (κ1) is 21.2. The monoisotopic (exact) mass is 360 g/mol. The first-order valence-electron chi connectivity index (χ1n) is 6.01. The smallest absolute Gasteiger partial charge is 0.422 e. The van der Waals surface area contributed by atoms with Crippen molar-refractivity contribution >= 4 is 13.6 Å². The van der Waals surface area contributed by atoms with Gasteiger partial charge in [-0.3, -0.25) is 9.36 Å². The molecule has 1 atom stereocenters. The van der Waals surface area contributed by atoms with E-state index in [1.54, 1.807) is 0 Å². The van der Waals surface area contributed by atoms with Crippen LogP contribution in [0.15, 0.2) is 0 Å². The van der Waals surface area contributed by atoms with Gasteiger partial charge in [0.25, 0.3) is 0 Å². The molecule has 0 bridgehead atoms. The summed E-state index contributed by atoms with van der Waals surface area (Å²) in [6.07, 6.45) is -13.4. The molecule has 0 heterocycles. The van der Waals surface area contributed by atoms with Gasteiger partial charge < -0.3 is 14.5 Å². The Hall–Kier alpha value is -0.800. The van der Waals surface area contributed by atoms with E-state index in [0.717, 1.165) is 0 Å². The van der Waals surface area contributed by atoms with Crippen molar-refractivity contribution in [2.75, 3.05) is 6.61 Å². The SMILES string of the molecule is CCCCC(CC(F)(F)F)(C(=O)OCC(F)(F)F)P(=O)(O)O. The standard InChI is InChI=1S/C10H15F6O5P/c1-2-3-4-8(22(18,19)20,5-9(11,12)13)7(17)21-6-10(14,15)16/h2-6H2,1H3,(H2,18,19,20). The van der Waals surface area contributed by atoms with E-state index in [1.165, 1.54) is 6.92 Å². The molecule has 22 heavy (non-hydrogen) atoms. The van der Waals surface area contributed by atoms with Crippen LogP contribution in [0, 0.1) is 0 Å². The summed E-state index contributed by atoms with van der Waals surface area (Å²) in [4.78, 5) is 29.9. The van der Waals surface area contributed by atoms with Crippen LogP contribution in [0.25, 0.3) is 0 Å². The lowest BCUT2D eigenvalue weighted by molar-refractivity contribution is -0.194. The Morgan fingerprint density at radius 3 is 1.91 bits per heavy atom. The molecule has 0 aromatic heterocycles. The number of halogens is 6. The summed E-state index contributed by atoms with van der Waals surface area (Å²) >= 11 is 0. The molecule has 1 unspecified atom stereocenters. The van der Waals surface area contributed by atoms with E-state index in [2.05, 4.69) is 4.74 Å². The summed E-state index contributed by atoms with van der Waals surface area (Å²) in [5, 5.41) is -3.37. The molecule has 5 nitrogen and oxygen atoms in total. The average Bonchev–Trinajstić information content (AvgIpc) is 2.27. The van der Waals surface area contributed by atoms with Gasteiger partial charge in [-0.25, -0.2) is 0 Å². The first-order chi connectivity index (χ1) is 9.65. The Labute approximate surface area is 121 Å². The molecule has 0 saturated carbocycles. The maximum Gasteiger partial charge on any atom is 0.422 e. The highest BCUT2D eigenvalue weighted by Gasteiger charge is 2.60. The zero-order chi connectivity index (χ0) is 17.8. The quantitative estimate of drug-likeness (QED) is 0.414. The fourth-order valence-corrected chi connectivity index (χ4v) is 2.85. The van der Waals surface area contributed by atoms with Gasteiger partial charge in [-0.1, -0.05) is 19.8 Å². The van der Waals surface area contributed by atoms with Gasteiger partial charge in [-0.2, -0.15) is 26.3 Å². The van der Waals surface area contributed by atoms with E-state index in [4.69, 9.17) is 9.79 Å². The maximum absolute atomic E-state index is 12.6. The molecular weight excluding hydrogens is 345 g/mol. The Morgan fingerprint density at radius 2 is 1.59 bits per heavy atom. The summed E-state index contributed by atoms with van der Waals surface area (Å²) in [6.45, 7) is -0.753. The van der Waals surface area contributed by atoms with Crippen LogP contribution in [0.1, 0.15) is 32.6 Å². The molecule has 0 aromatic carbocycles. The molecule has 0 fully saturated rings. The van der Waals surface area contributed by atoms with E-state index in [9.17, 15) is 35.7 Å². The minimum absolute atomic E-state index is 0.173. The summed E-state index contributed by atoms with van der Waals surface area (Å²) in [5.74, 6) is -2.20. The van der Waals surface area contributed by atoms with Crippen molar-refractivity contribution in [3.05, 3.63) is 0 Å². The van der Waals surface area contributed by atoms with Crippen LogP contribution in [0.3, 0.4) is 0 Å². The highest BCUT2D eigenvalue weighted by atomic mass is 31.2. The van der Waals surface area contributed by atoms with Gasteiger partial charge in [-0.15, -0.1) is 0 Å². The number of carbonyl (C=O) groups excluding carboxylic acids is 1. The van der Waals surface area contributed by atoms with Crippen LogP contribution in [0.2, 0.25) is 0 Å². The third-order valence-electron chi connectivity index (χ3n) is 2.74. The lowest BCUT2D eigenvalue weighted by atomic mass is 9.97. The van der Waals surface area contributed by atoms with Crippen LogP contribution in [0.5, 0.6) is 0 Å². The molecule has 0 radical (unpaired) electrons. The predicted molar refractivity (Wildman–Crippen MR) is 62.0 cm³/mol.